The third-order valence-corrected chi connectivity index (χ3v) is 4.13. The number of nitrogens with one attached hydrogen (secondary N) is 1. The zero-order valence-electron chi connectivity index (χ0n) is 12.7. The molecule has 0 bridgehead atoms. The minimum atomic E-state index is 0.151. The maximum atomic E-state index is 5.62. The molecule has 0 amide bonds. The Hall–Kier alpha value is -1.73. The highest BCUT2D eigenvalue weighted by atomic mass is 16.5. The van der Waals surface area contributed by atoms with Crippen molar-refractivity contribution in [2.45, 2.75) is 38.5 Å². The van der Waals surface area contributed by atoms with Gasteiger partial charge in [0.15, 0.2) is 0 Å². The lowest BCUT2D eigenvalue weighted by atomic mass is 10.0. The molecule has 3 rings (SSSR count). The van der Waals surface area contributed by atoms with E-state index in [4.69, 9.17) is 4.74 Å². The van der Waals surface area contributed by atoms with Gasteiger partial charge in [-0.3, -0.25) is 4.90 Å². The average molecular weight is 290 g/mol. The number of hydrogen-bond donors (Lipinski definition) is 1. The fraction of sp³-hybridized carbons (Fsp3) is 0.643. The van der Waals surface area contributed by atoms with Crippen LogP contribution in [0, 0.1) is 0 Å². The molecule has 1 aliphatic heterocycles. The number of rotatable bonds is 5. The van der Waals surface area contributed by atoms with Gasteiger partial charge in [-0.05, 0) is 13.8 Å². The van der Waals surface area contributed by atoms with Gasteiger partial charge in [0.1, 0.15) is 5.82 Å². The molecule has 114 valence electrons. The van der Waals surface area contributed by atoms with Crippen LogP contribution >= 0.6 is 0 Å². The molecule has 0 saturated carbocycles. The van der Waals surface area contributed by atoms with Crippen molar-refractivity contribution in [1.82, 2.24) is 29.9 Å². The highest BCUT2D eigenvalue weighted by molar-refractivity contribution is 5.10. The van der Waals surface area contributed by atoms with Crippen molar-refractivity contribution in [3.63, 3.8) is 0 Å². The maximum absolute atomic E-state index is 5.62. The second kappa shape index (κ2) is 5.95. The molecular formula is C14H22N6O. The van der Waals surface area contributed by atoms with Crippen molar-refractivity contribution in [1.29, 1.82) is 0 Å². The molecule has 0 aliphatic carbocycles. The molecule has 1 aliphatic rings. The van der Waals surface area contributed by atoms with Crippen LogP contribution in [-0.4, -0.2) is 56.2 Å². The molecule has 21 heavy (non-hydrogen) atoms. The second-order valence-corrected chi connectivity index (χ2v) is 5.81. The van der Waals surface area contributed by atoms with Crippen LogP contribution in [-0.2, 0) is 11.3 Å². The SMILES string of the molecule is CO[C@@H]1CN(Cc2nccn2C(C)C)C[C@H]1c1cn[nH]n1. The summed E-state index contributed by atoms with van der Waals surface area (Å²) in [5.74, 6) is 1.36. The number of ether oxygens (including phenoxy) is 1. The van der Waals surface area contributed by atoms with E-state index >= 15 is 0 Å². The largest absolute Gasteiger partial charge is 0.379 e. The first-order valence-electron chi connectivity index (χ1n) is 7.31. The molecule has 2 atom stereocenters. The number of methoxy groups -OCH3 is 1. The quantitative estimate of drug-likeness (QED) is 0.895. The average Bonchev–Trinajstić information content (AvgIpc) is 3.18. The van der Waals surface area contributed by atoms with Gasteiger partial charge in [0.05, 0.1) is 24.5 Å². The zero-order chi connectivity index (χ0) is 14.8. The van der Waals surface area contributed by atoms with E-state index in [0.29, 0.717) is 6.04 Å². The first kappa shape index (κ1) is 14.2. The van der Waals surface area contributed by atoms with Gasteiger partial charge in [0.2, 0.25) is 0 Å². The number of aromatic amines is 1. The Balaban J connectivity index is 1.72. The van der Waals surface area contributed by atoms with E-state index in [-0.39, 0.29) is 12.0 Å². The molecule has 1 N–H and O–H groups in total. The van der Waals surface area contributed by atoms with Crippen LogP contribution in [0.5, 0.6) is 0 Å². The van der Waals surface area contributed by atoms with E-state index in [0.717, 1.165) is 31.2 Å². The topological polar surface area (TPSA) is 71.9 Å². The van der Waals surface area contributed by atoms with Crippen LogP contribution in [0.2, 0.25) is 0 Å². The standard InChI is InChI=1S/C14H22N6O/c1-10(2)20-5-4-15-14(20)9-19-7-11(13(8-19)21-3)12-6-16-18-17-12/h4-6,10-11,13H,7-9H2,1-3H3,(H,16,17,18)/t11-,13+/m0/s1. The number of likely N-dealkylation sites (tertiary alicyclic amines) is 1. The molecule has 7 nitrogen and oxygen atoms in total. The van der Waals surface area contributed by atoms with Gasteiger partial charge in [-0.15, -0.1) is 0 Å². The van der Waals surface area contributed by atoms with E-state index < -0.39 is 0 Å². The van der Waals surface area contributed by atoms with E-state index in [1.165, 1.54) is 0 Å². The van der Waals surface area contributed by atoms with Gasteiger partial charge in [-0.25, -0.2) is 4.98 Å². The van der Waals surface area contributed by atoms with Gasteiger partial charge in [0, 0.05) is 44.6 Å². The summed E-state index contributed by atoms with van der Waals surface area (Å²) in [5, 5.41) is 10.8. The van der Waals surface area contributed by atoms with Crippen LogP contribution in [0.4, 0.5) is 0 Å². The monoisotopic (exact) mass is 290 g/mol. The molecular weight excluding hydrogens is 268 g/mol. The van der Waals surface area contributed by atoms with Crippen LogP contribution in [0.25, 0.3) is 0 Å². The van der Waals surface area contributed by atoms with Crippen LogP contribution in [0.3, 0.4) is 0 Å². The van der Waals surface area contributed by atoms with Crippen molar-refractivity contribution in [3.8, 4) is 0 Å². The van der Waals surface area contributed by atoms with Crippen LogP contribution in [0.1, 0.15) is 37.3 Å². The van der Waals surface area contributed by atoms with Gasteiger partial charge in [-0.2, -0.15) is 15.4 Å². The van der Waals surface area contributed by atoms with Gasteiger partial charge in [-0.1, -0.05) is 0 Å². The lowest BCUT2D eigenvalue weighted by molar-refractivity contribution is 0.0953. The van der Waals surface area contributed by atoms with E-state index in [1.54, 1.807) is 13.3 Å². The zero-order valence-corrected chi connectivity index (χ0v) is 12.7. The molecule has 1 fully saturated rings. The molecule has 7 heteroatoms. The molecule has 2 aromatic rings. The summed E-state index contributed by atoms with van der Waals surface area (Å²) < 4.78 is 7.84. The summed E-state index contributed by atoms with van der Waals surface area (Å²) >= 11 is 0. The Morgan fingerprint density at radius 2 is 2.29 bits per heavy atom. The molecule has 3 heterocycles. The first-order chi connectivity index (χ1) is 10.2. The molecule has 0 aromatic carbocycles. The third kappa shape index (κ3) is 2.84. The first-order valence-corrected chi connectivity index (χ1v) is 7.31. The highest BCUT2D eigenvalue weighted by Gasteiger charge is 2.35. The Morgan fingerprint density at radius 3 is 2.95 bits per heavy atom. The fourth-order valence-corrected chi connectivity index (χ4v) is 3.03. The number of imidazole rings is 1. The third-order valence-electron chi connectivity index (χ3n) is 4.13. The van der Waals surface area contributed by atoms with Gasteiger partial charge < -0.3 is 9.30 Å². The lowest BCUT2D eigenvalue weighted by Crippen LogP contribution is -2.24. The molecule has 2 aromatic heterocycles. The van der Waals surface area contributed by atoms with E-state index in [2.05, 4.69) is 43.7 Å². The maximum Gasteiger partial charge on any atom is 0.123 e. The Labute approximate surface area is 124 Å². The predicted octanol–water partition coefficient (Wildman–Crippen LogP) is 1.20. The van der Waals surface area contributed by atoms with Gasteiger partial charge >= 0.3 is 0 Å². The van der Waals surface area contributed by atoms with E-state index in [9.17, 15) is 0 Å². The highest BCUT2D eigenvalue weighted by Crippen LogP contribution is 2.28. The molecule has 0 radical (unpaired) electrons. The normalized spacial score (nSPS) is 23.2. The predicted molar refractivity (Wildman–Crippen MR) is 77.8 cm³/mol. The van der Waals surface area contributed by atoms with Crippen LogP contribution < -0.4 is 0 Å². The molecule has 0 spiro atoms. The lowest BCUT2D eigenvalue weighted by Gasteiger charge is -2.17. The smallest absolute Gasteiger partial charge is 0.123 e. The summed E-state index contributed by atoms with van der Waals surface area (Å²) in [5.41, 5.74) is 0.969. The molecule has 1 saturated heterocycles. The minimum Gasteiger partial charge on any atom is -0.379 e. The van der Waals surface area contributed by atoms with Crippen molar-refractivity contribution >= 4 is 0 Å². The van der Waals surface area contributed by atoms with Crippen LogP contribution in [0.15, 0.2) is 18.6 Å². The summed E-state index contributed by atoms with van der Waals surface area (Å²) in [4.78, 5) is 6.86. The molecule has 0 unspecified atom stereocenters. The minimum absolute atomic E-state index is 0.151. The number of nitrogens with zero attached hydrogens (tertiary/aromatic N) is 5. The Morgan fingerprint density at radius 1 is 1.43 bits per heavy atom. The van der Waals surface area contributed by atoms with Crippen molar-refractivity contribution in [3.05, 3.63) is 30.1 Å². The second-order valence-electron chi connectivity index (χ2n) is 5.81. The van der Waals surface area contributed by atoms with Crippen molar-refractivity contribution in [2.75, 3.05) is 20.2 Å². The van der Waals surface area contributed by atoms with Gasteiger partial charge in [0.25, 0.3) is 0 Å². The Bertz CT molecular complexity index is 564. The number of aromatic nitrogens is 5. The number of hydrogen-bond acceptors (Lipinski definition) is 5. The summed E-state index contributed by atoms with van der Waals surface area (Å²) in [6.45, 7) is 6.98. The van der Waals surface area contributed by atoms with E-state index in [1.807, 2.05) is 12.4 Å². The summed E-state index contributed by atoms with van der Waals surface area (Å²) in [7, 11) is 1.76. The fourth-order valence-electron chi connectivity index (χ4n) is 3.03. The summed E-state index contributed by atoms with van der Waals surface area (Å²) in [6.07, 6.45) is 5.85. The van der Waals surface area contributed by atoms with Crippen molar-refractivity contribution in [2.24, 2.45) is 0 Å². The summed E-state index contributed by atoms with van der Waals surface area (Å²) in [6, 6.07) is 0.426. The Kier molecular flexibility index (Phi) is 4.03. The van der Waals surface area contributed by atoms with Crippen molar-refractivity contribution < 1.29 is 4.74 Å². The number of H-pyrrole nitrogens is 1.